The van der Waals surface area contributed by atoms with Crippen molar-refractivity contribution in [3.05, 3.63) is 29.6 Å². The summed E-state index contributed by atoms with van der Waals surface area (Å²) < 4.78 is 19.2. The van der Waals surface area contributed by atoms with Crippen molar-refractivity contribution in [3.63, 3.8) is 0 Å². The highest BCUT2D eigenvalue weighted by Crippen LogP contribution is 2.49. The van der Waals surface area contributed by atoms with Gasteiger partial charge in [0.25, 0.3) is 0 Å². The maximum atomic E-state index is 13.7. The molecule has 0 aromatic heterocycles. The molecule has 0 N–H and O–H groups in total. The highest BCUT2D eigenvalue weighted by molar-refractivity contribution is 5.75. The Bertz CT molecular complexity index is 737. The van der Waals surface area contributed by atoms with Crippen molar-refractivity contribution in [3.8, 4) is 5.75 Å². The molecule has 0 spiro atoms. The minimum absolute atomic E-state index is 0.0223. The lowest BCUT2D eigenvalue weighted by molar-refractivity contribution is -0.140. The fourth-order valence-corrected chi connectivity index (χ4v) is 6.87. The second kappa shape index (κ2) is 10.5. The van der Waals surface area contributed by atoms with Crippen LogP contribution in [0.3, 0.4) is 0 Å². The van der Waals surface area contributed by atoms with Crippen molar-refractivity contribution in [2.75, 3.05) is 0 Å². The number of esters is 1. The van der Waals surface area contributed by atoms with Crippen molar-refractivity contribution in [1.29, 1.82) is 0 Å². The van der Waals surface area contributed by atoms with Crippen LogP contribution in [0.15, 0.2) is 18.2 Å². The molecule has 3 saturated carbocycles. The summed E-state index contributed by atoms with van der Waals surface area (Å²) in [6, 6.07) is 4.69. The summed E-state index contributed by atoms with van der Waals surface area (Å²) in [5.74, 6) is 4.45. The lowest BCUT2D eigenvalue weighted by Crippen LogP contribution is -2.35. The molecule has 0 heterocycles. The van der Waals surface area contributed by atoms with Crippen molar-refractivity contribution in [2.24, 2.45) is 35.5 Å². The Labute approximate surface area is 188 Å². The zero-order chi connectivity index (χ0) is 21.8. The summed E-state index contributed by atoms with van der Waals surface area (Å²) in [7, 11) is 0. The van der Waals surface area contributed by atoms with E-state index in [2.05, 4.69) is 6.92 Å². The van der Waals surface area contributed by atoms with E-state index in [-0.39, 0.29) is 17.7 Å². The largest absolute Gasteiger partial charge is 0.426 e. The van der Waals surface area contributed by atoms with Gasteiger partial charge in [-0.1, -0.05) is 38.7 Å². The third-order valence-corrected chi connectivity index (χ3v) is 8.86. The zero-order valence-electron chi connectivity index (χ0n) is 19.6. The molecule has 172 valence electrons. The highest BCUT2D eigenvalue weighted by atomic mass is 19.1. The van der Waals surface area contributed by atoms with Crippen LogP contribution >= 0.6 is 0 Å². The summed E-state index contributed by atoms with van der Waals surface area (Å²) in [5, 5.41) is 0. The predicted molar refractivity (Wildman–Crippen MR) is 123 cm³/mol. The third kappa shape index (κ3) is 5.71. The van der Waals surface area contributed by atoms with Gasteiger partial charge in [-0.15, -0.1) is 0 Å². The van der Waals surface area contributed by atoms with E-state index in [0.717, 1.165) is 55.3 Å². The first-order chi connectivity index (χ1) is 15.0. The average Bonchev–Trinajstić information content (AvgIpc) is 2.79. The third-order valence-electron chi connectivity index (χ3n) is 8.86. The number of halogens is 1. The molecule has 4 atom stereocenters. The lowest BCUT2D eigenvalue weighted by atomic mass is 9.60. The molecular formula is C28H41FO2. The van der Waals surface area contributed by atoms with Gasteiger partial charge in [-0.2, -0.15) is 0 Å². The SMILES string of the molecule is CCCCC1CCC2CC(C3CCC(C(=O)Oc4ccc(C)c(F)c4)CC3)CCC2C1. The van der Waals surface area contributed by atoms with Gasteiger partial charge >= 0.3 is 5.97 Å². The van der Waals surface area contributed by atoms with E-state index < -0.39 is 0 Å². The fourth-order valence-electron chi connectivity index (χ4n) is 6.87. The number of ether oxygens (including phenoxy) is 1. The fraction of sp³-hybridized carbons (Fsp3) is 0.750. The minimum Gasteiger partial charge on any atom is -0.426 e. The first kappa shape index (κ1) is 22.8. The monoisotopic (exact) mass is 428 g/mol. The number of fused-ring (bicyclic) bond motifs is 1. The molecule has 0 aliphatic heterocycles. The molecule has 3 heteroatoms. The van der Waals surface area contributed by atoms with Gasteiger partial charge in [0, 0.05) is 6.07 Å². The van der Waals surface area contributed by atoms with Crippen LogP contribution in [0, 0.1) is 48.2 Å². The van der Waals surface area contributed by atoms with E-state index in [0.29, 0.717) is 11.3 Å². The molecule has 0 amide bonds. The summed E-state index contributed by atoms with van der Waals surface area (Å²) in [4.78, 5) is 12.6. The second-order valence-corrected chi connectivity index (χ2v) is 10.9. The van der Waals surface area contributed by atoms with E-state index in [4.69, 9.17) is 4.74 Å². The van der Waals surface area contributed by atoms with E-state index in [9.17, 15) is 9.18 Å². The van der Waals surface area contributed by atoms with Gasteiger partial charge in [-0.3, -0.25) is 4.79 Å². The van der Waals surface area contributed by atoms with E-state index >= 15 is 0 Å². The highest BCUT2D eigenvalue weighted by Gasteiger charge is 2.39. The van der Waals surface area contributed by atoms with Gasteiger partial charge < -0.3 is 4.74 Å². The Morgan fingerprint density at radius 1 is 0.935 bits per heavy atom. The summed E-state index contributed by atoms with van der Waals surface area (Å²) >= 11 is 0. The van der Waals surface area contributed by atoms with Crippen LogP contribution in [0.5, 0.6) is 5.75 Å². The van der Waals surface area contributed by atoms with Crippen LogP contribution in [0.25, 0.3) is 0 Å². The number of carbonyl (C=O) groups excluding carboxylic acids is 1. The van der Waals surface area contributed by atoms with E-state index in [1.165, 1.54) is 63.9 Å². The Balaban J connectivity index is 1.22. The van der Waals surface area contributed by atoms with Crippen LogP contribution in [0.4, 0.5) is 4.39 Å². The summed E-state index contributed by atoms with van der Waals surface area (Å²) in [5.41, 5.74) is 0.574. The minimum atomic E-state index is -0.316. The maximum Gasteiger partial charge on any atom is 0.314 e. The second-order valence-electron chi connectivity index (χ2n) is 10.9. The van der Waals surface area contributed by atoms with Crippen molar-refractivity contribution in [1.82, 2.24) is 0 Å². The maximum absolute atomic E-state index is 13.7. The molecule has 0 saturated heterocycles. The number of hydrogen-bond acceptors (Lipinski definition) is 2. The Hall–Kier alpha value is -1.38. The average molecular weight is 429 g/mol. The molecule has 4 rings (SSSR count). The molecule has 0 bridgehead atoms. The Kier molecular flexibility index (Phi) is 7.72. The molecule has 31 heavy (non-hydrogen) atoms. The number of unbranched alkanes of at least 4 members (excludes halogenated alkanes) is 1. The quantitative estimate of drug-likeness (QED) is 0.340. The van der Waals surface area contributed by atoms with Gasteiger partial charge in [-0.25, -0.2) is 4.39 Å². The Morgan fingerprint density at radius 2 is 1.58 bits per heavy atom. The zero-order valence-corrected chi connectivity index (χ0v) is 19.6. The standard InChI is InChI=1S/C28H41FO2/c1-3-4-5-20-7-8-25-17-24(14-13-23(25)16-20)21-9-11-22(12-10-21)28(30)31-26-15-6-19(2)27(29)18-26/h6,15,18,20-25H,3-5,7-14,16-17H2,1-2H3. The lowest BCUT2D eigenvalue weighted by Gasteiger charge is -2.45. The van der Waals surface area contributed by atoms with Crippen LogP contribution in [-0.2, 0) is 4.79 Å². The molecule has 3 aliphatic rings. The van der Waals surface area contributed by atoms with Crippen molar-refractivity contribution < 1.29 is 13.9 Å². The number of rotatable bonds is 6. The molecule has 4 unspecified atom stereocenters. The molecule has 1 aromatic rings. The van der Waals surface area contributed by atoms with Gasteiger partial charge in [-0.05, 0) is 106 Å². The van der Waals surface area contributed by atoms with E-state index in [1.54, 1.807) is 19.1 Å². The first-order valence-corrected chi connectivity index (χ1v) is 13.0. The van der Waals surface area contributed by atoms with Gasteiger partial charge in [0.1, 0.15) is 11.6 Å². The molecule has 0 radical (unpaired) electrons. The number of hydrogen-bond donors (Lipinski definition) is 0. The first-order valence-electron chi connectivity index (χ1n) is 13.0. The topological polar surface area (TPSA) is 26.3 Å². The molecule has 1 aromatic carbocycles. The van der Waals surface area contributed by atoms with E-state index in [1.807, 2.05) is 0 Å². The molecule has 2 nitrogen and oxygen atoms in total. The molecule has 3 fully saturated rings. The number of carbonyl (C=O) groups is 1. The normalized spacial score (nSPS) is 33.5. The van der Waals surface area contributed by atoms with Gasteiger partial charge in [0.05, 0.1) is 5.92 Å². The number of aryl methyl sites for hydroxylation is 1. The summed E-state index contributed by atoms with van der Waals surface area (Å²) in [6.07, 6.45) is 17.1. The van der Waals surface area contributed by atoms with Gasteiger partial charge in [0.2, 0.25) is 0 Å². The molecule has 3 aliphatic carbocycles. The van der Waals surface area contributed by atoms with Crippen LogP contribution in [-0.4, -0.2) is 5.97 Å². The van der Waals surface area contributed by atoms with Crippen LogP contribution in [0.2, 0.25) is 0 Å². The number of benzene rings is 1. The molecular weight excluding hydrogens is 387 g/mol. The smallest absolute Gasteiger partial charge is 0.314 e. The van der Waals surface area contributed by atoms with Gasteiger partial charge in [0.15, 0.2) is 0 Å². The summed E-state index contributed by atoms with van der Waals surface area (Å²) in [6.45, 7) is 4.03. The van der Waals surface area contributed by atoms with Crippen molar-refractivity contribution in [2.45, 2.75) is 97.3 Å². The van der Waals surface area contributed by atoms with Crippen LogP contribution in [0.1, 0.15) is 96.0 Å². The predicted octanol–water partition coefficient (Wildman–Crippen LogP) is 7.87. The van der Waals surface area contributed by atoms with Crippen LogP contribution < -0.4 is 4.74 Å². The van der Waals surface area contributed by atoms with Crippen molar-refractivity contribution >= 4 is 5.97 Å². The Morgan fingerprint density at radius 3 is 2.29 bits per heavy atom.